The summed E-state index contributed by atoms with van der Waals surface area (Å²) in [5, 5.41) is 3.04. The molecule has 1 aromatic carbocycles. The fourth-order valence-electron chi connectivity index (χ4n) is 2.68. The highest BCUT2D eigenvalue weighted by Gasteiger charge is 2.38. The van der Waals surface area contributed by atoms with Crippen molar-refractivity contribution in [3.8, 4) is 5.75 Å². The van der Waals surface area contributed by atoms with Gasteiger partial charge >= 0.3 is 0 Å². The van der Waals surface area contributed by atoms with Crippen LogP contribution < -0.4 is 10.1 Å². The van der Waals surface area contributed by atoms with Crippen LogP contribution in [0.15, 0.2) is 24.3 Å². The highest BCUT2D eigenvalue weighted by atomic mass is 16.5. The lowest BCUT2D eigenvalue weighted by molar-refractivity contribution is -0.120. The zero-order valence-electron chi connectivity index (χ0n) is 11.3. The lowest BCUT2D eigenvalue weighted by Crippen LogP contribution is -2.44. The van der Waals surface area contributed by atoms with E-state index in [4.69, 9.17) is 4.74 Å². The number of fused-ring (bicyclic) bond motifs is 1. The van der Waals surface area contributed by atoms with Crippen LogP contribution in [0.5, 0.6) is 5.75 Å². The molecule has 0 aromatic heterocycles. The predicted molar refractivity (Wildman–Crippen MR) is 71.6 cm³/mol. The second-order valence-corrected chi connectivity index (χ2v) is 4.99. The summed E-state index contributed by atoms with van der Waals surface area (Å²) in [7, 11) is 0. The van der Waals surface area contributed by atoms with E-state index in [1.807, 2.05) is 24.3 Å². The number of rotatable bonds is 3. The van der Waals surface area contributed by atoms with Crippen molar-refractivity contribution in [3.63, 3.8) is 0 Å². The van der Waals surface area contributed by atoms with Crippen molar-refractivity contribution in [2.24, 2.45) is 0 Å². The first-order valence-electron chi connectivity index (χ1n) is 6.65. The standard InChI is InChI=1S/C15H21NO2/c1-4-15(5-2)10-13(16-11(3)17)12-8-6-7-9-14(12)18-15/h6-9,13H,4-5,10H2,1-3H3,(H,16,17)/t13-/m0/s1. The maximum absolute atomic E-state index is 11.4. The van der Waals surface area contributed by atoms with E-state index in [9.17, 15) is 4.79 Å². The van der Waals surface area contributed by atoms with E-state index < -0.39 is 0 Å². The van der Waals surface area contributed by atoms with Crippen LogP contribution >= 0.6 is 0 Å². The van der Waals surface area contributed by atoms with E-state index in [2.05, 4.69) is 19.2 Å². The number of benzene rings is 1. The highest BCUT2D eigenvalue weighted by molar-refractivity contribution is 5.73. The third-order valence-corrected chi connectivity index (χ3v) is 3.86. The molecular weight excluding hydrogens is 226 g/mol. The van der Waals surface area contributed by atoms with Crippen LogP contribution in [0.2, 0.25) is 0 Å². The Morgan fingerprint density at radius 1 is 1.39 bits per heavy atom. The van der Waals surface area contributed by atoms with Crippen LogP contribution in [0.25, 0.3) is 0 Å². The van der Waals surface area contributed by atoms with Gasteiger partial charge in [0.05, 0.1) is 6.04 Å². The zero-order chi connectivity index (χ0) is 13.2. The number of carbonyl (C=O) groups is 1. The first-order valence-corrected chi connectivity index (χ1v) is 6.65. The number of nitrogens with one attached hydrogen (secondary N) is 1. The van der Waals surface area contributed by atoms with Crippen LogP contribution in [0, 0.1) is 0 Å². The molecule has 1 heterocycles. The Balaban J connectivity index is 2.37. The van der Waals surface area contributed by atoms with Crippen molar-refractivity contribution in [1.29, 1.82) is 0 Å². The molecule has 0 bridgehead atoms. The van der Waals surface area contributed by atoms with Gasteiger partial charge in [0.1, 0.15) is 11.4 Å². The normalized spacial score (nSPS) is 20.7. The molecule has 1 amide bonds. The van der Waals surface area contributed by atoms with Gasteiger partial charge in [0, 0.05) is 18.9 Å². The van der Waals surface area contributed by atoms with Crippen molar-refractivity contribution < 1.29 is 9.53 Å². The average Bonchev–Trinajstić information content (AvgIpc) is 2.38. The molecule has 1 aromatic rings. The Bertz CT molecular complexity index is 438. The first kappa shape index (κ1) is 12.9. The number of ether oxygens (including phenoxy) is 1. The lowest BCUT2D eigenvalue weighted by atomic mass is 9.83. The Kier molecular flexibility index (Phi) is 3.60. The van der Waals surface area contributed by atoms with Gasteiger partial charge in [0.2, 0.25) is 5.91 Å². The van der Waals surface area contributed by atoms with Crippen LogP contribution in [0.1, 0.15) is 51.6 Å². The van der Waals surface area contributed by atoms with Crippen LogP contribution in [0.3, 0.4) is 0 Å². The number of carbonyl (C=O) groups excluding carboxylic acids is 1. The molecule has 0 saturated heterocycles. The van der Waals surface area contributed by atoms with E-state index in [-0.39, 0.29) is 17.6 Å². The number of hydrogen-bond donors (Lipinski definition) is 1. The third kappa shape index (κ3) is 2.35. The van der Waals surface area contributed by atoms with Gasteiger partial charge in [0.15, 0.2) is 0 Å². The van der Waals surface area contributed by atoms with Gasteiger partial charge < -0.3 is 10.1 Å². The SMILES string of the molecule is CCC1(CC)C[C@H](NC(C)=O)c2ccccc2O1. The van der Waals surface area contributed by atoms with Gasteiger partial charge in [-0.1, -0.05) is 32.0 Å². The molecule has 1 aliphatic rings. The van der Waals surface area contributed by atoms with E-state index in [1.165, 1.54) is 0 Å². The van der Waals surface area contributed by atoms with Gasteiger partial charge in [-0.25, -0.2) is 0 Å². The highest BCUT2D eigenvalue weighted by Crippen LogP contribution is 2.42. The fourth-order valence-corrected chi connectivity index (χ4v) is 2.68. The molecule has 1 aliphatic heterocycles. The molecule has 1 atom stereocenters. The Labute approximate surface area is 109 Å². The Morgan fingerprint density at radius 3 is 2.67 bits per heavy atom. The second-order valence-electron chi connectivity index (χ2n) is 4.99. The number of hydrogen-bond acceptors (Lipinski definition) is 2. The third-order valence-electron chi connectivity index (χ3n) is 3.86. The summed E-state index contributed by atoms with van der Waals surface area (Å²) in [5.41, 5.74) is 0.937. The molecule has 3 nitrogen and oxygen atoms in total. The molecule has 0 radical (unpaired) electrons. The quantitative estimate of drug-likeness (QED) is 0.890. The van der Waals surface area contributed by atoms with Gasteiger partial charge in [-0.2, -0.15) is 0 Å². The maximum Gasteiger partial charge on any atom is 0.217 e. The fraction of sp³-hybridized carbons (Fsp3) is 0.533. The summed E-state index contributed by atoms with van der Waals surface area (Å²) in [5.74, 6) is 0.920. The molecule has 0 fully saturated rings. The Hall–Kier alpha value is -1.51. The number of para-hydroxylation sites is 1. The molecule has 0 spiro atoms. The zero-order valence-corrected chi connectivity index (χ0v) is 11.3. The van der Waals surface area contributed by atoms with Gasteiger partial charge in [-0.05, 0) is 18.9 Å². The van der Waals surface area contributed by atoms with E-state index in [0.717, 1.165) is 30.6 Å². The maximum atomic E-state index is 11.4. The first-order chi connectivity index (χ1) is 8.60. The molecule has 1 N–H and O–H groups in total. The van der Waals surface area contributed by atoms with Crippen LogP contribution in [-0.2, 0) is 4.79 Å². The smallest absolute Gasteiger partial charge is 0.217 e. The van der Waals surface area contributed by atoms with Gasteiger partial charge in [-0.3, -0.25) is 4.79 Å². The molecule has 0 unspecified atom stereocenters. The van der Waals surface area contributed by atoms with E-state index in [0.29, 0.717) is 0 Å². The summed E-state index contributed by atoms with van der Waals surface area (Å²) >= 11 is 0. The van der Waals surface area contributed by atoms with Crippen molar-refractivity contribution in [3.05, 3.63) is 29.8 Å². The topological polar surface area (TPSA) is 38.3 Å². The van der Waals surface area contributed by atoms with Crippen LogP contribution in [-0.4, -0.2) is 11.5 Å². The molecule has 98 valence electrons. The lowest BCUT2D eigenvalue weighted by Gasteiger charge is -2.41. The molecule has 2 rings (SSSR count). The Morgan fingerprint density at radius 2 is 2.06 bits per heavy atom. The molecule has 0 saturated carbocycles. The summed E-state index contributed by atoms with van der Waals surface area (Å²) in [4.78, 5) is 11.4. The summed E-state index contributed by atoms with van der Waals surface area (Å²) < 4.78 is 6.18. The van der Waals surface area contributed by atoms with Gasteiger partial charge in [0.25, 0.3) is 0 Å². The summed E-state index contributed by atoms with van der Waals surface area (Å²) in [6.07, 6.45) is 2.75. The number of amides is 1. The van der Waals surface area contributed by atoms with E-state index in [1.54, 1.807) is 6.92 Å². The minimum Gasteiger partial charge on any atom is -0.487 e. The van der Waals surface area contributed by atoms with Crippen molar-refractivity contribution in [2.75, 3.05) is 0 Å². The second kappa shape index (κ2) is 5.01. The minimum absolute atomic E-state index is 0.0119. The molecule has 0 aliphatic carbocycles. The summed E-state index contributed by atoms with van der Waals surface area (Å²) in [6, 6.07) is 8.05. The van der Waals surface area contributed by atoms with Gasteiger partial charge in [-0.15, -0.1) is 0 Å². The summed E-state index contributed by atoms with van der Waals surface area (Å²) in [6.45, 7) is 5.85. The largest absolute Gasteiger partial charge is 0.487 e. The van der Waals surface area contributed by atoms with Crippen molar-refractivity contribution >= 4 is 5.91 Å². The van der Waals surface area contributed by atoms with E-state index >= 15 is 0 Å². The minimum atomic E-state index is -0.151. The van der Waals surface area contributed by atoms with Crippen molar-refractivity contribution in [2.45, 2.75) is 51.7 Å². The molecule has 3 heteroatoms. The predicted octanol–water partition coefficient (Wildman–Crippen LogP) is 3.21. The van der Waals surface area contributed by atoms with Crippen molar-refractivity contribution in [1.82, 2.24) is 5.32 Å². The average molecular weight is 247 g/mol. The molecule has 18 heavy (non-hydrogen) atoms. The monoisotopic (exact) mass is 247 g/mol. The molecular formula is C15H21NO2. The van der Waals surface area contributed by atoms with Crippen LogP contribution in [0.4, 0.5) is 0 Å².